The molecule has 5 heteroatoms. The number of anilines is 1. The summed E-state index contributed by atoms with van der Waals surface area (Å²) in [6.07, 6.45) is 5.64. The molecule has 0 unspecified atom stereocenters. The fraction of sp³-hybridized carbons (Fsp3) is 0.417. The van der Waals surface area contributed by atoms with Crippen LogP contribution in [0.1, 0.15) is 52.7 Å². The highest BCUT2D eigenvalue weighted by molar-refractivity contribution is 6.30. The van der Waals surface area contributed by atoms with Crippen LogP contribution in [0.3, 0.4) is 0 Å². The maximum absolute atomic E-state index is 12.7. The Morgan fingerprint density at radius 1 is 1.00 bits per heavy atom. The number of aryl methyl sites for hydroxylation is 1. The van der Waals surface area contributed by atoms with Crippen LogP contribution in [0, 0.1) is 0 Å². The van der Waals surface area contributed by atoms with Crippen LogP contribution in [0.25, 0.3) is 0 Å². The first kappa shape index (κ1) is 20.1. The molecule has 0 fully saturated rings. The summed E-state index contributed by atoms with van der Waals surface area (Å²) in [5, 5.41) is 4.22. The number of hydrogen-bond acceptors (Lipinski definition) is 3. The Morgan fingerprint density at radius 3 is 2.55 bits per heavy atom. The first-order chi connectivity index (χ1) is 14.1. The molecule has 2 aromatic rings. The number of carbonyl (C=O) groups excluding carboxylic acids is 2. The van der Waals surface area contributed by atoms with Crippen molar-refractivity contribution in [2.24, 2.45) is 0 Å². The molecule has 0 aromatic heterocycles. The Balaban J connectivity index is 1.20. The van der Waals surface area contributed by atoms with Crippen LogP contribution >= 0.6 is 11.6 Å². The number of Topliss-reactive ketones (excluding diaryl/α,β-unsaturated/α-hetero) is 1. The number of hydrogen-bond donors (Lipinski definition) is 1. The van der Waals surface area contributed by atoms with E-state index in [1.54, 1.807) is 0 Å². The molecule has 0 aliphatic carbocycles. The number of halogens is 1. The third kappa shape index (κ3) is 4.71. The SMILES string of the molecule is O=C(CCCCNCCc1ccc(Cl)cc1)c1cc2c3c(c1)CCN3C(=O)CC2. The summed E-state index contributed by atoms with van der Waals surface area (Å²) in [5.41, 5.74) is 5.53. The zero-order valence-electron chi connectivity index (χ0n) is 16.7. The van der Waals surface area contributed by atoms with E-state index in [0.29, 0.717) is 12.8 Å². The van der Waals surface area contributed by atoms with Gasteiger partial charge in [-0.15, -0.1) is 0 Å². The summed E-state index contributed by atoms with van der Waals surface area (Å²) in [6, 6.07) is 12.0. The van der Waals surface area contributed by atoms with E-state index < -0.39 is 0 Å². The van der Waals surface area contributed by atoms with Gasteiger partial charge in [0.2, 0.25) is 5.91 Å². The van der Waals surface area contributed by atoms with Crippen LogP contribution < -0.4 is 10.2 Å². The molecule has 1 N–H and O–H groups in total. The van der Waals surface area contributed by atoms with Crippen LogP contribution in [0.4, 0.5) is 5.69 Å². The number of nitrogens with one attached hydrogen (secondary N) is 1. The second kappa shape index (κ2) is 9.10. The highest BCUT2D eigenvalue weighted by Gasteiger charge is 2.31. The molecule has 152 valence electrons. The molecule has 2 heterocycles. The zero-order valence-corrected chi connectivity index (χ0v) is 17.4. The van der Waals surface area contributed by atoms with E-state index in [2.05, 4.69) is 17.4 Å². The van der Waals surface area contributed by atoms with Gasteiger partial charge < -0.3 is 10.2 Å². The summed E-state index contributed by atoms with van der Waals surface area (Å²) in [7, 11) is 0. The predicted molar refractivity (Wildman–Crippen MR) is 117 cm³/mol. The molecule has 4 rings (SSSR count). The lowest BCUT2D eigenvalue weighted by Crippen LogP contribution is -2.32. The van der Waals surface area contributed by atoms with Gasteiger partial charge in [0.05, 0.1) is 5.69 Å². The maximum atomic E-state index is 12.7. The first-order valence-electron chi connectivity index (χ1n) is 10.6. The largest absolute Gasteiger partial charge is 0.316 e. The Kier molecular flexibility index (Phi) is 6.31. The predicted octanol–water partition coefficient (Wildman–Crippen LogP) is 4.36. The molecule has 0 saturated heterocycles. The fourth-order valence-corrected chi connectivity index (χ4v) is 4.43. The normalized spacial score (nSPS) is 14.9. The minimum absolute atomic E-state index is 0.221. The van der Waals surface area contributed by atoms with E-state index in [-0.39, 0.29) is 11.7 Å². The third-order valence-electron chi connectivity index (χ3n) is 5.88. The first-order valence-corrected chi connectivity index (χ1v) is 10.9. The number of benzene rings is 2. The fourth-order valence-electron chi connectivity index (χ4n) is 4.31. The van der Waals surface area contributed by atoms with Gasteiger partial charge in [-0.05, 0) is 86.1 Å². The van der Waals surface area contributed by atoms with Crippen molar-refractivity contribution >= 4 is 29.0 Å². The topological polar surface area (TPSA) is 49.4 Å². The van der Waals surface area contributed by atoms with Gasteiger partial charge in [0.25, 0.3) is 0 Å². The lowest BCUT2D eigenvalue weighted by atomic mass is 9.94. The summed E-state index contributed by atoms with van der Waals surface area (Å²) in [6.45, 7) is 2.62. The summed E-state index contributed by atoms with van der Waals surface area (Å²) in [4.78, 5) is 26.6. The van der Waals surface area contributed by atoms with E-state index in [4.69, 9.17) is 11.6 Å². The quantitative estimate of drug-likeness (QED) is 0.493. The van der Waals surface area contributed by atoms with Gasteiger partial charge in [0.15, 0.2) is 5.78 Å². The monoisotopic (exact) mass is 410 g/mol. The van der Waals surface area contributed by atoms with Crippen molar-refractivity contribution in [3.8, 4) is 0 Å². The Labute approximate surface area is 177 Å². The van der Waals surface area contributed by atoms with Gasteiger partial charge in [0, 0.05) is 30.0 Å². The van der Waals surface area contributed by atoms with Crippen molar-refractivity contribution in [2.75, 3.05) is 24.5 Å². The lowest BCUT2D eigenvalue weighted by Gasteiger charge is -2.25. The Bertz CT molecular complexity index is 908. The highest BCUT2D eigenvalue weighted by Crippen LogP contribution is 2.37. The van der Waals surface area contributed by atoms with E-state index in [1.807, 2.05) is 29.2 Å². The van der Waals surface area contributed by atoms with Crippen molar-refractivity contribution in [2.45, 2.75) is 44.9 Å². The van der Waals surface area contributed by atoms with Crippen LogP contribution in [-0.4, -0.2) is 31.3 Å². The molecule has 0 saturated carbocycles. The molecule has 0 spiro atoms. The van der Waals surface area contributed by atoms with Crippen molar-refractivity contribution in [1.82, 2.24) is 5.32 Å². The molecule has 1 amide bonds. The van der Waals surface area contributed by atoms with Gasteiger partial charge in [-0.1, -0.05) is 23.7 Å². The average Bonchev–Trinajstić information content (AvgIpc) is 3.16. The maximum Gasteiger partial charge on any atom is 0.227 e. The smallest absolute Gasteiger partial charge is 0.227 e. The van der Waals surface area contributed by atoms with E-state index in [9.17, 15) is 9.59 Å². The summed E-state index contributed by atoms with van der Waals surface area (Å²) >= 11 is 5.90. The summed E-state index contributed by atoms with van der Waals surface area (Å²) in [5.74, 6) is 0.444. The molecule has 0 bridgehead atoms. The van der Waals surface area contributed by atoms with Crippen LogP contribution in [0.5, 0.6) is 0 Å². The zero-order chi connectivity index (χ0) is 20.2. The van der Waals surface area contributed by atoms with Crippen molar-refractivity contribution < 1.29 is 9.59 Å². The standard InChI is InChI=1S/C24H27ClN2O2/c25-21-7-4-17(5-8-21)10-13-26-12-2-1-3-22(28)20-15-18-6-9-23(29)27-14-11-19(16-20)24(18)27/h4-5,7-8,15-16,26H,1-3,6,9-14H2. The van der Waals surface area contributed by atoms with Gasteiger partial charge in [0.1, 0.15) is 0 Å². The van der Waals surface area contributed by atoms with Crippen LogP contribution in [-0.2, 0) is 24.1 Å². The Morgan fingerprint density at radius 2 is 1.76 bits per heavy atom. The molecule has 4 nitrogen and oxygen atoms in total. The second-order valence-corrected chi connectivity index (χ2v) is 8.38. The number of ketones is 1. The second-order valence-electron chi connectivity index (χ2n) is 7.95. The summed E-state index contributed by atoms with van der Waals surface area (Å²) < 4.78 is 0. The van der Waals surface area contributed by atoms with Gasteiger partial charge in [-0.2, -0.15) is 0 Å². The molecule has 2 aliphatic rings. The molecule has 0 atom stereocenters. The van der Waals surface area contributed by atoms with E-state index in [1.165, 1.54) is 16.7 Å². The number of rotatable bonds is 9. The van der Waals surface area contributed by atoms with Crippen LogP contribution in [0.15, 0.2) is 36.4 Å². The molecular formula is C24H27ClN2O2. The van der Waals surface area contributed by atoms with Gasteiger partial charge in [-0.25, -0.2) is 0 Å². The third-order valence-corrected chi connectivity index (χ3v) is 6.14. The van der Waals surface area contributed by atoms with Gasteiger partial charge >= 0.3 is 0 Å². The number of amides is 1. The molecule has 29 heavy (non-hydrogen) atoms. The average molecular weight is 411 g/mol. The minimum Gasteiger partial charge on any atom is -0.316 e. The number of unbranched alkanes of at least 4 members (excludes halogenated alkanes) is 1. The molecule has 0 radical (unpaired) electrons. The lowest BCUT2D eigenvalue weighted by molar-refractivity contribution is -0.118. The minimum atomic E-state index is 0.221. The molecule has 2 aromatic carbocycles. The van der Waals surface area contributed by atoms with Crippen molar-refractivity contribution in [3.63, 3.8) is 0 Å². The molecular weight excluding hydrogens is 384 g/mol. The number of carbonyl (C=O) groups is 2. The Hall–Kier alpha value is -2.17. The highest BCUT2D eigenvalue weighted by atomic mass is 35.5. The van der Waals surface area contributed by atoms with Crippen molar-refractivity contribution in [1.29, 1.82) is 0 Å². The van der Waals surface area contributed by atoms with E-state index >= 15 is 0 Å². The molecule has 2 aliphatic heterocycles. The van der Waals surface area contributed by atoms with Crippen LogP contribution in [0.2, 0.25) is 5.02 Å². The van der Waals surface area contributed by atoms with Gasteiger partial charge in [-0.3, -0.25) is 9.59 Å². The van der Waals surface area contributed by atoms with Crippen molar-refractivity contribution in [3.05, 3.63) is 63.7 Å². The van der Waals surface area contributed by atoms with E-state index in [0.717, 1.165) is 68.0 Å². The number of nitrogens with zero attached hydrogens (tertiary/aromatic N) is 1.